The zero-order chi connectivity index (χ0) is 34.8. The Bertz CT molecular complexity index is 2840. The average Bonchev–Trinajstić information content (AvgIpc) is 3.71. The van der Waals surface area contributed by atoms with Gasteiger partial charge >= 0.3 is 0 Å². The van der Waals surface area contributed by atoms with Crippen molar-refractivity contribution in [1.82, 2.24) is 24.1 Å². The van der Waals surface area contributed by atoms with Crippen LogP contribution in [0.15, 0.2) is 164 Å². The standard InChI is InChI=1S/C47H33N5/c1-30-27-35(28-31(2)44(30)47-49-45(32-15-5-3-6-16-32)48-46(50-47)33-17-7-4-8-18-33)52-42-24-14-11-21-38(42)39-29-34(25-26-43(39)52)51-40-22-12-9-19-36(40)37-20-10-13-23-41(37)51/h3-29H,1-2H3. The molecule has 0 saturated carbocycles. The summed E-state index contributed by atoms with van der Waals surface area (Å²) in [6.07, 6.45) is 0. The molecule has 0 unspecified atom stereocenters. The molecule has 0 aliphatic heterocycles. The van der Waals surface area contributed by atoms with E-state index in [9.17, 15) is 0 Å². The molecular weight excluding hydrogens is 635 g/mol. The minimum Gasteiger partial charge on any atom is -0.309 e. The molecule has 10 aromatic rings. The van der Waals surface area contributed by atoms with Crippen molar-refractivity contribution in [2.24, 2.45) is 0 Å². The normalized spacial score (nSPS) is 11.7. The van der Waals surface area contributed by atoms with Crippen molar-refractivity contribution >= 4 is 43.6 Å². The van der Waals surface area contributed by atoms with Crippen LogP contribution in [0.2, 0.25) is 0 Å². The number of nitrogens with zero attached hydrogens (tertiary/aromatic N) is 5. The van der Waals surface area contributed by atoms with E-state index < -0.39 is 0 Å². The van der Waals surface area contributed by atoms with Crippen LogP contribution in [0.25, 0.3) is 89.2 Å². The van der Waals surface area contributed by atoms with E-state index in [0.29, 0.717) is 17.5 Å². The topological polar surface area (TPSA) is 48.5 Å². The summed E-state index contributed by atoms with van der Waals surface area (Å²) in [5, 5.41) is 4.96. The average molecular weight is 668 g/mol. The van der Waals surface area contributed by atoms with Crippen molar-refractivity contribution in [1.29, 1.82) is 0 Å². The summed E-state index contributed by atoms with van der Waals surface area (Å²) in [5.74, 6) is 2.00. The number of rotatable bonds is 5. The van der Waals surface area contributed by atoms with Gasteiger partial charge in [0.1, 0.15) is 0 Å². The second-order valence-corrected chi connectivity index (χ2v) is 13.4. The lowest BCUT2D eigenvalue weighted by molar-refractivity contribution is 1.06. The van der Waals surface area contributed by atoms with Gasteiger partial charge in [-0.15, -0.1) is 0 Å². The largest absolute Gasteiger partial charge is 0.309 e. The van der Waals surface area contributed by atoms with Crippen LogP contribution >= 0.6 is 0 Å². The molecule has 246 valence electrons. The molecule has 3 heterocycles. The van der Waals surface area contributed by atoms with E-state index in [1.807, 2.05) is 60.7 Å². The Morgan fingerprint density at radius 2 is 0.750 bits per heavy atom. The molecule has 5 nitrogen and oxygen atoms in total. The number of benzene rings is 7. The number of aromatic nitrogens is 5. The maximum Gasteiger partial charge on any atom is 0.164 e. The molecule has 5 heteroatoms. The molecule has 3 aromatic heterocycles. The van der Waals surface area contributed by atoms with E-state index in [1.165, 1.54) is 38.1 Å². The Morgan fingerprint density at radius 1 is 0.346 bits per heavy atom. The van der Waals surface area contributed by atoms with Gasteiger partial charge in [0, 0.05) is 49.6 Å². The first-order valence-corrected chi connectivity index (χ1v) is 17.6. The Balaban J connectivity index is 1.15. The Hall–Kier alpha value is -6.85. The minimum atomic E-state index is 0.661. The van der Waals surface area contributed by atoms with E-state index in [1.54, 1.807) is 0 Å². The lowest BCUT2D eigenvalue weighted by Gasteiger charge is -2.16. The molecule has 0 fully saturated rings. The molecule has 0 atom stereocenters. The van der Waals surface area contributed by atoms with Crippen LogP contribution in [0.1, 0.15) is 11.1 Å². The fourth-order valence-electron chi connectivity index (χ4n) is 7.92. The quantitative estimate of drug-likeness (QED) is 0.184. The molecule has 0 aliphatic carbocycles. The van der Waals surface area contributed by atoms with Gasteiger partial charge in [-0.3, -0.25) is 0 Å². The van der Waals surface area contributed by atoms with Crippen LogP contribution in [0, 0.1) is 13.8 Å². The smallest absolute Gasteiger partial charge is 0.164 e. The molecule has 52 heavy (non-hydrogen) atoms. The number of hydrogen-bond donors (Lipinski definition) is 0. The number of para-hydroxylation sites is 3. The summed E-state index contributed by atoms with van der Waals surface area (Å²) in [5.41, 5.74) is 12.1. The van der Waals surface area contributed by atoms with Crippen molar-refractivity contribution in [3.8, 4) is 45.5 Å². The summed E-state index contributed by atoms with van der Waals surface area (Å²) >= 11 is 0. The zero-order valence-electron chi connectivity index (χ0n) is 28.8. The first-order chi connectivity index (χ1) is 25.6. The summed E-state index contributed by atoms with van der Waals surface area (Å²) in [6.45, 7) is 4.32. The summed E-state index contributed by atoms with van der Waals surface area (Å²) in [4.78, 5) is 15.0. The van der Waals surface area contributed by atoms with Gasteiger partial charge in [0.05, 0.1) is 22.1 Å². The third-order valence-electron chi connectivity index (χ3n) is 10.2. The van der Waals surface area contributed by atoms with Crippen molar-refractivity contribution in [2.45, 2.75) is 13.8 Å². The molecule has 0 bridgehead atoms. The van der Waals surface area contributed by atoms with Crippen LogP contribution in [0.4, 0.5) is 0 Å². The van der Waals surface area contributed by atoms with E-state index >= 15 is 0 Å². The Labute approximate surface area is 301 Å². The monoisotopic (exact) mass is 667 g/mol. The van der Waals surface area contributed by atoms with Gasteiger partial charge in [0.2, 0.25) is 0 Å². The van der Waals surface area contributed by atoms with E-state index in [0.717, 1.165) is 44.7 Å². The number of aryl methyl sites for hydroxylation is 2. The third kappa shape index (κ3) is 4.74. The SMILES string of the molecule is Cc1cc(-n2c3ccccc3c3cc(-n4c5ccccc5c5ccccc54)ccc32)cc(C)c1-c1nc(-c2ccccc2)nc(-c2ccccc2)n1. The van der Waals surface area contributed by atoms with Crippen LogP contribution in [0.3, 0.4) is 0 Å². The molecule has 0 N–H and O–H groups in total. The molecule has 7 aromatic carbocycles. The van der Waals surface area contributed by atoms with Crippen LogP contribution < -0.4 is 0 Å². The van der Waals surface area contributed by atoms with Gasteiger partial charge in [-0.25, -0.2) is 15.0 Å². The lowest BCUT2D eigenvalue weighted by atomic mass is 10.0. The third-order valence-corrected chi connectivity index (χ3v) is 10.2. The summed E-state index contributed by atoms with van der Waals surface area (Å²) in [7, 11) is 0. The lowest BCUT2D eigenvalue weighted by Crippen LogP contribution is -2.03. The molecule has 0 spiro atoms. The Kier molecular flexibility index (Phi) is 6.86. The molecule has 0 saturated heterocycles. The maximum atomic E-state index is 5.06. The highest BCUT2D eigenvalue weighted by molar-refractivity contribution is 6.12. The highest BCUT2D eigenvalue weighted by Crippen LogP contribution is 2.38. The van der Waals surface area contributed by atoms with Crippen molar-refractivity contribution in [2.75, 3.05) is 0 Å². The summed E-state index contributed by atoms with van der Waals surface area (Å²) < 4.78 is 4.78. The fraction of sp³-hybridized carbons (Fsp3) is 0.0426. The predicted molar refractivity (Wildman–Crippen MR) is 214 cm³/mol. The van der Waals surface area contributed by atoms with Gasteiger partial charge in [0.25, 0.3) is 0 Å². The van der Waals surface area contributed by atoms with Crippen molar-refractivity contribution < 1.29 is 0 Å². The van der Waals surface area contributed by atoms with Gasteiger partial charge in [-0.1, -0.05) is 115 Å². The Morgan fingerprint density at radius 3 is 1.27 bits per heavy atom. The molecule has 0 amide bonds. The van der Waals surface area contributed by atoms with Gasteiger partial charge in [-0.05, 0) is 73.5 Å². The van der Waals surface area contributed by atoms with Crippen molar-refractivity contribution in [3.63, 3.8) is 0 Å². The van der Waals surface area contributed by atoms with Gasteiger partial charge < -0.3 is 9.13 Å². The second-order valence-electron chi connectivity index (χ2n) is 13.4. The maximum absolute atomic E-state index is 5.06. The first-order valence-electron chi connectivity index (χ1n) is 17.6. The van der Waals surface area contributed by atoms with Gasteiger partial charge in [0.15, 0.2) is 17.5 Å². The van der Waals surface area contributed by atoms with E-state index in [4.69, 9.17) is 15.0 Å². The number of hydrogen-bond acceptors (Lipinski definition) is 3. The van der Waals surface area contributed by atoms with E-state index in [-0.39, 0.29) is 0 Å². The van der Waals surface area contributed by atoms with Crippen LogP contribution in [-0.4, -0.2) is 24.1 Å². The molecule has 0 aliphatic rings. The van der Waals surface area contributed by atoms with Gasteiger partial charge in [-0.2, -0.15) is 0 Å². The highest BCUT2D eigenvalue weighted by atomic mass is 15.0. The number of fused-ring (bicyclic) bond motifs is 6. The van der Waals surface area contributed by atoms with Crippen LogP contribution in [0.5, 0.6) is 0 Å². The second kappa shape index (κ2) is 11.9. The minimum absolute atomic E-state index is 0.661. The highest BCUT2D eigenvalue weighted by Gasteiger charge is 2.20. The van der Waals surface area contributed by atoms with Crippen LogP contribution in [-0.2, 0) is 0 Å². The molecule has 10 rings (SSSR count). The zero-order valence-corrected chi connectivity index (χ0v) is 28.8. The summed E-state index contributed by atoms with van der Waals surface area (Å²) in [6, 6.07) is 57.8. The van der Waals surface area contributed by atoms with Crippen molar-refractivity contribution in [3.05, 3.63) is 175 Å². The molecule has 0 radical (unpaired) electrons. The first kappa shape index (κ1) is 30.0. The van der Waals surface area contributed by atoms with E-state index in [2.05, 4.69) is 126 Å². The predicted octanol–water partition coefficient (Wildman–Crippen LogP) is 11.7. The fourth-order valence-corrected chi connectivity index (χ4v) is 7.92. The molecular formula is C47H33N5.